The first-order valence-electron chi connectivity index (χ1n) is 6.57. The zero-order chi connectivity index (χ0) is 14.8. The van der Waals surface area contributed by atoms with Crippen LogP contribution in [0.25, 0.3) is 0 Å². The van der Waals surface area contributed by atoms with Gasteiger partial charge in [-0.3, -0.25) is 9.98 Å². The third-order valence-electron chi connectivity index (χ3n) is 3.74. The minimum Gasteiger partial charge on any atom is -0.405 e. The van der Waals surface area contributed by atoms with Crippen molar-refractivity contribution in [3.63, 3.8) is 0 Å². The summed E-state index contributed by atoms with van der Waals surface area (Å²) in [6.07, 6.45) is 6.50. The van der Waals surface area contributed by atoms with Crippen molar-refractivity contribution in [2.45, 2.75) is 38.9 Å². The van der Waals surface area contributed by atoms with Gasteiger partial charge in [-0.15, -0.1) is 0 Å². The molecule has 1 aliphatic rings. The normalized spacial score (nSPS) is 21.6. The van der Waals surface area contributed by atoms with Crippen molar-refractivity contribution >= 4 is 19.0 Å². The van der Waals surface area contributed by atoms with Gasteiger partial charge in [0.15, 0.2) is 0 Å². The lowest BCUT2D eigenvalue weighted by Gasteiger charge is -2.32. The number of allylic oxidation sites excluding steroid dienone is 1. The van der Waals surface area contributed by atoms with Crippen molar-refractivity contribution in [1.82, 2.24) is 4.98 Å². The van der Waals surface area contributed by atoms with E-state index in [1.807, 2.05) is 39.8 Å². The fourth-order valence-electron chi connectivity index (χ4n) is 1.74. The first-order valence-corrected chi connectivity index (χ1v) is 6.57. The molecular weight excluding hydrogens is 253 g/mol. The first-order chi connectivity index (χ1) is 9.36. The Hall–Kier alpha value is -1.66. The number of nitrogens with two attached hydrogens (primary N) is 1. The van der Waals surface area contributed by atoms with E-state index < -0.39 is 18.3 Å². The Kier molecular flexibility index (Phi) is 3.97. The first kappa shape index (κ1) is 14.7. The summed E-state index contributed by atoms with van der Waals surface area (Å²) in [5.41, 5.74) is 6.38. The van der Waals surface area contributed by atoms with Crippen molar-refractivity contribution in [2.75, 3.05) is 0 Å². The summed E-state index contributed by atoms with van der Waals surface area (Å²) in [5, 5.41) is 0. The van der Waals surface area contributed by atoms with Crippen LogP contribution in [0.2, 0.25) is 0 Å². The van der Waals surface area contributed by atoms with Crippen molar-refractivity contribution in [2.24, 2.45) is 10.7 Å². The fourth-order valence-corrected chi connectivity index (χ4v) is 1.74. The van der Waals surface area contributed by atoms with Crippen molar-refractivity contribution in [1.29, 1.82) is 0 Å². The molecule has 2 heterocycles. The average molecular weight is 273 g/mol. The van der Waals surface area contributed by atoms with E-state index in [2.05, 4.69) is 9.98 Å². The molecular formula is C14H20BN3O2. The predicted octanol–water partition coefficient (Wildman–Crippen LogP) is 2.26. The van der Waals surface area contributed by atoms with Gasteiger partial charge in [-0.25, -0.2) is 0 Å². The SMILES string of the molecule is CC1(C)OB(C(C=Nc2ccncc2)=CN)OC1(C)C. The summed E-state index contributed by atoms with van der Waals surface area (Å²) in [7, 11) is -0.504. The molecule has 0 amide bonds. The molecule has 0 aliphatic carbocycles. The molecule has 0 bridgehead atoms. The number of pyridine rings is 1. The highest BCUT2D eigenvalue weighted by Gasteiger charge is 2.52. The molecule has 6 heteroatoms. The number of hydrogen-bond donors (Lipinski definition) is 1. The summed E-state index contributed by atoms with van der Waals surface area (Å²) >= 11 is 0. The highest BCUT2D eigenvalue weighted by Crippen LogP contribution is 2.38. The van der Waals surface area contributed by atoms with Crippen molar-refractivity contribution < 1.29 is 9.31 Å². The second kappa shape index (κ2) is 5.38. The largest absolute Gasteiger partial charge is 0.497 e. The van der Waals surface area contributed by atoms with Crippen LogP contribution in [0.1, 0.15) is 27.7 Å². The molecule has 106 valence electrons. The van der Waals surface area contributed by atoms with E-state index in [4.69, 9.17) is 15.0 Å². The van der Waals surface area contributed by atoms with Gasteiger partial charge in [0.05, 0.1) is 16.9 Å². The Labute approximate surface area is 120 Å². The predicted molar refractivity (Wildman–Crippen MR) is 80.7 cm³/mol. The number of aliphatic imine (C=N–C) groups is 1. The standard InChI is InChI=1S/C14H20BN3O2/c1-13(2)14(3,4)20-15(19-13)11(9-16)10-18-12-5-7-17-8-6-12/h5-10H,16H2,1-4H3. The van der Waals surface area contributed by atoms with Crippen LogP contribution >= 0.6 is 0 Å². The lowest BCUT2D eigenvalue weighted by molar-refractivity contribution is 0.00578. The van der Waals surface area contributed by atoms with Gasteiger partial charge in [-0.05, 0) is 46.0 Å². The molecule has 1 aromatic heterocycles. The summed E-state index contributed by atoms with van der Waals surface area (Å²) in [6, 6.07) is 3.63. The van der Waals surface area contributed by atoms with Crippen LogP contribution in [-0.2, 0) is 9.31 Å². The van der Waals surface area contributed by atoms with Gasteiger partial charge >= 0.3 is 7.12 Å². The topological polar surface area (TPSA) is 69.7 Å². The Morgan fingerprint density at radius 1 is 1.20 bits per heavy atom. The van der Waals surface area contributed by atoms with Crippen LogP contribution in [0, 0.1) is 0 Å². The van der Waals surface area contributed by atoms with Crippen LogP contribution in [0.4, 0.5) is 5.69 Å². The van der Waals surface area contributed by atoms with E-state index in [1.165, 1.54) is 6.20 Å². The van der Waals surface area contributed by atoms with Crippen molar-refractivity contribution in [3.05, 3.63) is 36.2 Å². The summed E-state index contributed by atoms with van der Waals surface area (Å²) < 4.78 is 11.9. The molecule has 1 saturated heterocycles. The average Bonchev–Trinajstić information content (AvgIpc) is 2.60. The van der Waals surface area contributed by atoms with Gasteiger partial charge in [-0.2, -0.15) is 0 Å². The Morgan fingerprint density at radius 3 is 2.25 bits per heavy atom. The van der Waals surface area contributed by atoms with Crippen LogP contribution in [-0.4, -0.2) is 29.5 Å². The molecule has 1 aromatic rings. The quantitative estimate of drug-likeness (QED) is 0.677. The summed E-state index contributed by atoms with van der Waals surface area (Å²) in [6.45, 7) is 8.00. The van der Waals surface area contributed by atoms with Crippen LogP contribution < -0.4 is 5.73 Å². The third kappa shape index (κ3) is 2.91. The minimum atomic E-state index is -0.504. The van der Waals surface area contributed by atoms with Gasteiger partial charge in [0, 0.05) is 24.1 Å². The second-order valence-corrected chi connectivity index (χ2v) is 5.72. The monoisotopic (exact) mass is 273 g/mol. The minimum absolute atomic E-state index is 0.392. The number of rotatable bonds is 3. The maximum absolute atomic E-state index is 5.93. The highest BCUT2D eigenvalue weighted by molar-refractivity contribution is 6.60. The molecule has 1 fully saturated rings. The van der Waals surface area contributed by atoms with Gasteiger partial charge in [-0.1, -0.05) is 0 Å². The Morgan fingerprint density at radius 2 is 1.75 bits per heavy atom. The lowest BCUT2D eigenvalue weighted by Crippen LogP contribution is -2.41. The smallest absolute Gasteiger partial charge is 0.405 e. The number of nitrogens with zero attached hydrogens (tertiary/aromatic N) is 2. The molecule has 0 aromatic carbocycles. The number of aromatic nitrogens is 1. The molecule has 20 heavy (non-hydrogen) atoms. The third-order valence-corrected chi connectivity index (χ3v) is 3.74. The van der Waals surface area contributed by atoms with Gasteiger partial charge < -0.3 is 15.0 Å². The molecule has 0 radical (unpaired) electrons. The zero-order valence-electron chi connectivity index (χ0n) is 12.3. The van der Waals surface area contributed by atoms with E-state index in [0.717, 1.165) is 5.69 Å². The molecule has 1 aliphatic heterocycles. The molecule has 0 atom stereocenters. The molecule has 5 nitrogen and oxygen atoms in total. The van der Waals surface area contributed by atoms with E-state index in [1.54, 1.807) is 18.6 Å². The second-order valence-electron chi connectivity index (χ2n) is 5.72. The van der Waals surface area contributed by atoms with Crippen LogP contribution in [0.5, 0.6) is 0 Å². The molecule has 2 N–H and O–H groups in total. The van der Waals surface area contributed by atoms with Crippen LogP contribution in [0.3, 0.4) is 0 Å². The summed E-state index contributed by atoms with van der Waals surface area (Å²) in [4.78, 5) is 8.29. The van der Waals surface area contributed by atoms with E-state index in [0.29, 0.717) is 5.47 Å². The van der Waals surface area contributed by atoms with E-state index in [-0.39, 0.29) is 0 Å². The summed E-state index contributed by atoms with van der Waals surface area (Å²) in [5.74, 6) is 0. The highest BCUT2D eigenvalue weighted by atomic mass is 16.7. The van der Waals surface area contributed by atoms with E-state index >= 15 is 0 Å². The van der Waals surface area contributed by atoms with Crippen LogP contribution in [0.15, 0.2) is 41.2 Å². The maximum atomic E-state index is 5.93. The van der Waals surface area contributed by atoms with Gasteiger partial charge in [0.25, 0.3) is 0 Å². The van der Waals surface area contributed by atoms with Gasteiger partial charge in [0.2, 0.25) is 0 Å². The fraction of sp³-hybridized carbons (Fsp3) is 0.429. The Balaban J connectivity index is 2.14. The zero-order valence-corrected chi connectivity index (χ0v) is 12.3. The molecule has 0 unspecified atom stereocenters. The van der Waals surface area contributed by atoms with Gasteiger partial charge in [0.1, 0.15) is 0 Å². The molecule has 0 spiro atoms. The number of hydrogen-bond acceptors (Lipinski definition) is 5. The molecule has 0 saturated carbocycles. The van der Waals surface area contributed by atoms with Crippen molar-refractivity contribution in [3.8, 4) is 0 Å². The Bertz CT molecular complexity index is 510. The lowest BCUT2D eigenvalue weighted by atomic mass is 9.79. The maximum Gasteiger partial charge on any atom is 0.497 e. The molecule has 2 rings (SSSR count). The van der Waals surface area contributed by atoms with E-state index in [9.17, 15) is 0 Å².